The highest BCUT2D eigenvalue weighted by Crippen LogP contribution is 2.32. The number of carbonyl (C=O) groups is 1. The lowest BCUT2D eigenvalue weighted by atomic mass is 10.0. The van der Waals surface area contributed by atoms with Crippen molar-refractivity contribution in [3.8, 4) is 0 Å². The number of rotatable bonds is 5. The zero-order chi connectivity index (χ0) is 19.6. The molecule has 0 spiro atoms. The highest BCUT2D eigenvalue weighted by molar-refractivity contribution is 7.92. The molecule has 1 aliphatic rings. The number of fused-ring (bicyclic) bond motifs is 1. The molecule has 0 saturated carbocycles. The molecule has 144 valence electrons. The van der Waals surface area contributed by atoms with Gasteiger partial charge < -0.3 is 5.32 Å². The van der Waals surface area contributed by atoms with E-state index in [9.17, 15) is 13.2 Å². The van der Waals surface area contributed by atoms with Crippen molar-refractivity contribution in [1.29, 1.82) is 0 Å². The van der Waals surface area contributed by atoms with Crippen molar-refractivity contribution in [3.63, 3.8) is 0 Å². The molecule has 1 N–H and O–H groups in total. The molecular weight excluding hydrogens is 360 g/mol. The van der Waals surface area contributed by atoms with E-state index in [0.29, 0.717) is 29.9 Å². The van der Waals surface area contributed by atoms with E-state index in [1.165, 1.54) is 4.31 Å². The van der Waals surface area contributed by atoms with Crippen LogP contribution in [0.25, 0.3) is 0 Å². The van der Waals surface area contributed by atoms with Crippen molar-refractivity contribution in [1.82, 2.24) is 0 Å². The molecule has 0 fully saturated rings. The fourth-order valence-corrected chi connectivity index (χ4v) is 4.97. The number of aryl methyl sites for hydroxylation is 3. The van der Waals surface area contributed by atoms with Crippen molar-refractivity contribution in [3.05, 3.63) is 58.7 Å². The molecular formula is C21H26N2O3S. The van der Waals surface area contributed by atoms with Gasteiger partial charge in [0.05, 0.1) is 11.4 Å². The van der Waals surface area contributed by atoms with E-state index in [-0.39, 0.29) is 11.7 Å². The maximum atomic E-state index is 12.6. The van der Waals surface area contributed by atoms with Crippen LogP contribution in [-0.4, -0.2) is 26.6 Å². The van der Waals surface area contributed by atoms with Crippen LogP contribution >= 0.6 is 0 Å². The SMILES string of the molecule is CCCS(=O)(=O)N1CCCc2ccc(NC(=O)c3ccc(C)c(C)c3)cc21. The van der Waals surface area contributed by atoms with E-state index in [1.807, 2.05) is 45.0 Å². The molecule has 2 aromatic carbocycles. The molecule has 0 bridgehead atoms. The van der Waals surface area contributed by atoms with E-state index in [2.05, 4.69) is 5.32 Å². The minimum atomic E-state index is -3.33. The van der Waals surface area contributed by atoms with Gasteiger partial charge in [-0.05, 0) is 74.1 Å². The zero-order valence-electron chi connectivity index (χ0n) is 16.1. The molecule has 0 aromatic heterocycles. The van der Waals surface area contributed by atoms with Crippen LogP contribution in [0.1, 0.15) is 46.8 Å². The van der Waals surface area contributed by atoms with Crippen molar-refractivity contribution in [2.75, 3.05) is 21.9 Å². The highest BCUT2D eigenvalue weighted by atomic mass is 32.2. The molecule has 0 unspecified atom stereocenters. The second kappa shape index (κ2) is 7.72. The first kappa shape index (κ1) is 19.4. The van der Waals surface area contributed by atoms with Gasteiger partial charge in [-0.15, -0.1) is 0 Å². The average molecular weight is 387 g/mol. The van der Waals surface area contributed by atoms with Crippen LogP contribution in [0.3, 0.4) is 0 Å². The predicted octanol–water partition coefficient (Wildman–Crippen LogP) is 4.05. The van der Waals surface area contributed by atoms with Gasteiger partial charge >= 0.3 is 0 Å². The van der Waals surface area contributed by atoms with Crippen LogP contribution in [0.2, 0.25) is 0 Å². The van der Waals surface area contributed by atoms with Crippen LogP contribution in [-0.2, 0) is 16.4 Å². The zero-order valence-corrected chi connectivity index (χ0v) is 16.9. The molecule has 0 aliphatic carbocycles. The minimum Gasteiger partial charge on any atom is -0.322 e. The van der Waals surface area contributed by atoms with Gasteiger partial charge in [0.25, 0.3) is 5.91 Å². The first-order valence-electron chi connectivity index (χ1n) is 9.34. The van der Waals surface area contributed by atoms with Crippen molar-refractivity contribution in [2.24, 2.45) is 0 Å². The first-order valence-corrected chi connectivity index (χ1v) is 10.9. The summed E-state index contributed by atoms with van der Waals surface area (Å²) in [4.78, 5) is 12.6. The summed E-state index contributed by atoms with van der Waals surface area (Å²) in [7, 11) is -3.33. The lowest BCUT2D eigenvalue weighted by Crippen LogP contribution is -2.37. The summed E-state index contributed by atoms with van der Waals surface area (Å²) < 4.78 is 26.7. The molecule has 27 heavy (non-hydrogen) atoms. The summed E-state index contributed by atoms with van der Waals surface area (Å²) in [5.74, 6) is -0.0668. The fourth-order valence-electron chi connectivity index (χ4n) is 3.36. The number of anilines is 2. The first-order chi connectivity index (χ1) is 12.8. The minimum absolute atomic E-state index is 0.131. The van der Waals surface area contributed by atoms with Crippen molar-refractivity contribution in [2.45, 2.75) is 40.0 Å². The van der Waals surface area contributed by atoms with E-state index >= 15 is 0 Å². The van der Waals surface area contributed by atoms with E-state index in [0.717, 1.165) is 29.5 Å². The van der Waals surface area contributed by atoms with E-state index in [4.69, 9.17) is 0 Å². The number of benzene rings is 2. The summed E-state index contributed by atoms with van der Waals surface area (Å²) in [6, 6.07) is 11.1. The number of carbonyl (C=O) groups excluding carboxylic acids is 1. The van der Waals surface area contributed by atoms with Gasteiger partial charge in [0.2, 0.25) is 10.0 Å². The topological polar surface area (TPSA) is 66.5 Å². The van der Waals surface area contributed by atoms with Gasteiger partial charge in [-0.1, -0.05) is 19.1 Å². The molecule has 1 amide bonds. The summed E-state index contributed by atoms with van der Waals surface area (Å²) in [5, 5.41) is 2.90. The monoisotopic (exact) mass is 386 g/mol. The smallest absolute Gasteiger partial charge is 0.255 e. The lowest BCUT2D eigenvalue weighted by Gasteiger charge is -2.31. The Morgan fingerprint density at radius 2 is 1.89 bits per heavy atom. The number of amides is 1. The van der Waals surface area contributed by atoms with Crippen LogP contribution in [0.5, 0.6) is 0 Å². The maximum absolute atomic E-state index is 12.6. The quantitative estimate of drug-likeness (QED) is 0.843. The van der Waals surface area contributed by atoms with Gasteiger partial charge in [-0.25, -0.2) is 8.42 Å². The Morgan fingerprint density at radius 3 is 2.59 bits per heavy atom. The normalized spacial score (nSPS) is 14.0. The third kappa shape index (κ3) is 4.16. The van der Waals surface area contributed by atoms with Crippen molar-refractivity contribution >= 4 is 27.3 Å². The van der Waals surface area contributed by atoms with E-state index in [1.54, 1.807) is 12.1 Å². The Morgan fingerprint density at radius 1 is 1.11 bits per heavy atom. The number of hydrogen-bond donors (Lipinski definition) is 1. The van der Waals surface area contributed by atoms with Crippen LogP contribution in [0.15, 0.2) is 36.4 Å². The van der Waals surface area contributed by atoms with Gasteiger partial charge in [-0.3, -0.25) is 9.10 Å². The summed E-state index contributed by atoms with van der Waals surface area (Å²) in [6.45, 7) is 6.33. The van der Waals surface area contributed by atoms with Crippen LogP contribution in [0, 0.1) is 13.8 Å². The third-order valence-corrected chi connectivity index (χ3v) is 6.96. The second-order valence-electron chi connectivity index (χ2n) is 7.09. The number of nitrogens with one attached hydrogen (secondary N) is 1. The Balaban J connectivity index is 1.88. The molecule has 2 aromatic rings. The Labute approximate surface area is 161 Å². The Bertz CT molecular complexity index is 967. The molecule has 0 atom stereocenters. The number of sulfonamides is 1. The summed E-state index contributed by atoms with van der Waals surface area (Å²) in [5.41, 5.74) is 5.08. The molecule has 0 saturated heterocycles. The maximum Gasteiger partial charge on any atom is 0.255 e. The Hall–Kier alpha value is -2.34. The van der Waals surface area contributed by atoms with Gasteiger partial charge in [0.15, 0.2) is 0 Å². The molecule has 1 heterocycles. The fraction of sp³-hybridized carbons (Fsp3) is 0.381. The standard InChI is InChI=1S/C21H26N2O3S/c1-4-12-27(25,26)23-11-5-6-17-9-10-19(14-20(17)23)22-21(24)18-8-7-15(2)16(3)13-18/h7-10,13-14H,4-6,11-12H2,1-3H3,(H,22,24). The average Bonchev–Trinajstić information content (AvgIpc) is 2.63. The molecule has 1 aliphatic heterocycles. The van der Waals surface area contributed by atoms with Crippen molar-refractivity contribution < 1.29 is 13.2 Å². The predicted molar refractivity (Wildman–Crippen MR) is 110 cm³/mol. The Kier molecular flexibility index (Phi) is 5.56. The lowest BCUT2D eigenvalue weighted by molar-refractivity contribution is 0.102. The molecule has 5 nitrogen and oxygen atoms in total. The molecule has 0 radical (unpaired) electrons. The van der Waals surface area contributed by atoms with Crippen LogP contribution in [0.4, 0.5) is 11.4 Å². The molecule has 3 rings (SSSR count). The highest BCUT2D eigenvalue weighted by Gasteiger charge is 2.27. The van der Waals surface area contributed by atoms with Gasteiger partial charge in [0.1, 0.15) is 0 Å². The largest absolute Gasteiger partial charge is 0.322 e. The number of hydrogen-bond acceptors (Lipinski definition) is 3. The van der Waals surface area contributed by atoms with Gasteiger partial charge in [0, 0.05) is 17.8 Å². The van der Waals surface area contributed by atoms with Gasteiger partial charge in [-0.2, -0.15) is 0 Å². The molecule has 6 heteroatoms. The summed E-state index contributed by atoms with van der Waals surface area (Å²) >= 11 is 0. The second-order valence-corrected chi connectivity index (χ2v) is 9.10. The number of nitrogens with zero attached hydrogens (tertiary/aromatic N) is 1. The summed E-state index contributed by atoms with van der Waals surface area (Å²) in [6.07, 6.45) is 2.24. The third-order valence-electron chi connectivity index (χ3n) is 4.99. The van der Waals surface area contributed by atoms with Crippen LogP contribution < -0.4 is 9.62 Å². The van der Waals surface area contributed by atoms with E-state index < -0.39 is 10.0 Å².